The van der Waals surface area contributed by atoms with E-state index in [1.54, 1.807) is 37.3 Å². The maximum absolute atomic E-state index is 11.7. The number of amides is 1. The third kappa shape index (κ3) is 2.57. The van der Waals surface area contributed by atoms with Gasteiger partial charge in [-0.1, -0.05) is 17.3 Å². The second-order valence-corrected chi connectivity index (χ2v) is 3.53. The second kappa shape index (κ2) is 4.61. The highest BCUT2D eigenvalue weighted by atomic mass is 16.5. The lowest BCUT2D eigenvalue weighted by atomic mass is 10.2. The number of aromatic nitrogens is 1. The number of anilines is 1. The molecule has 5 nitrogen and oxygen atoms in total. The molecule has 0 aliphatic carbocycles. The topological polar surface area (TPSA) is 72.2 Å². The van der Waals surface area contributed by atoms with Crippen molar-refractivity contribution in [1.82, 2.24) is 5.16 Å². The monoisotopic (exact) mass is 230 g/mol. The summed E-state index contributed by atoms with van der Waals surface area (Å²) in [6.07, 6.45) is 0.717. The Bertz CT molecular complexity index is 560. The average molecular weight is 230 g/mol. The van der Waals surface area contributed by atoms with Gasteiger partial charge in [-0.3, -0.25) is 9.59 Å². The van der Waals surface area contributed by atoms with Crippen molar-refractivity contribution in [3.05, 3.63) is 47.3 Å². The van der Waals surface area contributed by atoms with Gasteiger partial charge in [-0.05, 0) is 19.1 Å². The fraction of sp³-hybridized carbons (Fsp3) is 0.0833. The fourth-order valence-electron chi connectivity index (χ4n) is 1.35. The van der Waals surface area contributed by atoms with E-state index in [9.17, 15) is 9.59 Å². The Morgan fingerprint density at radius 2 is 2.24 bits per heavy atom. The number of nitrogens with zero attached hydrogens (tertiary/aromatic N) is 1. The molecule has 0 aliphatic rings. The number of benzene rings is 1. The first kappa shape index (κ1) is 11.1. The van der Waals surface area contributed by atoms with E-state index in [1.165, 1.54) is 0 Å². The Morgan fingerprint density at radius 1 is 1.41 bits per heavy atom. The molecule has 0 saturated carbocycles. The van der Waals surface area contributed by atoms with Crippen LogP contribution >= 0.6 is 0 Å². The Labute approximate surface area is 97.4 Å². The molecule has 0 bridgehead atoms. The first-order valence-corrected chi connectivity index (χ1v) is 4.99. The van der Waals surface area contributed by atoms with Crippen molar-refractivity contribution >= 4 is 17.9 Å². The SMILES string of the molecule is Cc1cc(C(=O)Nc2cccc(C=O)c2)on1. The van der Waals surface area contributed by atoms with Crippen molar-refractivity contribution in [2.75, 3.05) is 5.32 Å². The highest BCUT2D eigenvalue weighted by Gasteiger charge is 2.11. The molecule has 1 heterocycles. The number of aldehydes is 1. The minimum atomic E-state index is -0.395. The fourth-order valence-corrected chi connectivity index (χ4v) is 1.35. The van der Waals surface area contributed by atoms with E-state index in [1.807, 2.05) is 0 Å². The summed E-state index contributed by atoms with van der Waals surface area (Å²) >= 11 is 0. The van der Waals surface area contributed by atoms with Gasteiger partial charge < -0.3 is 9.84 Å². The third-order valence-electron chi connectivity index (χ3n) is 2.13. The minimum absolute atomic E-state index is 0.138. The Kier molecular flexibility index (Phi) is 3.00. The Balaban J connectivity index is 2.15. The van der Waals surface area contributed by atoms with Crippen LogP contribution in [0.2, 0.25) is 0 Å². The van der Waals surface area contributed by atoms with E-state index in [-0.39, 0.29) is 5.76 Å². The zero-order valence-electron chi connectivity index (χ0n) is 9.14. The molecule has 1 N–H and O–H groups in total. The van der Waals surface area contributed by atoms with Crippen LogP contribution in [-0.2, 0) is 0 Å². The smallest absolute Gasteiger partial charge is 0.294 e. The van der Waals surface area contributed by atoms with Crippen LogP contribution < -0.4 is 5.32 Å². The molecule has 0 aliphatic heterocycles. The lowest BCUT2D eigenvalue weighted by Gasteiger charge is -2.02. The summed E-state index contributed by atoms with van der Waals surface area (Å²) in [4.78, 5) is 22.3. The molecule has 2 aromatic rings. The first-order chi connectivity index (χ1) is 8.19. The van der Waals surface area contributed by atoms with Gasteiger partial charge in [0.25, 0.3) is 5.91 Å². The van der Waals surface area contributed by atoms with Gasteiger partial charge in [-0.25, -0.2) is 0 Å². The van der Waals surface area contributed by atoms with Crippen molar-refractivity contribution in [3.8, 4) is 0 Å². The normalized spacial score (nSPS) is 9.94. The Hall–Kier alpha value is -2.43. The molecule has 0 saturated heterocycles. The van der Waals surface area contributed by atoms with Crippen LogP contribution in [0.5, 0.6) is 0 Å². The lowest BCUT2D eigenvalue weighted by molar-refractivity contribution is 0.0987. The average Bonchev–Trinajstić information content (AvgIpc) is 2.76. The molecule has 0 unspecified atom stereocenters. The molecule has 17 heavy (non-hydrogen) atoms. The van der Waals surface area contributed by atoms with Crippen LogP contribution in [0.15, 0.2) is 34.9 Å². The van der Waals surface area contributed by atoms with Crippen LogP contribution in [-0.4, -0.2) is 17.4 Å². The number of hydrogen-bond acceptors (Lipinski definition) is 4. The molecular formula is C12H10N2O3. The van der Waals surface area contributed by atoms with Crippen molar-refractivity contribution in [1.29, 1.82) is 0 Å². The van der Waals surface area contributed by atoms with E-state index in [2.05, 4.69) is 10.5 Å². The number of nitrogens with one attached hydrogen (secondary N) is 1. The van der Waals surface area contributed by atoms with Gasteiger partial charge in [0, 0.05) is 17.3 Å². The van der Waals surface area contributed by atoms with Gasteiger partial charge in [-0.15, -0.1) is 0 Å². The molecule has 1 aromatic heterocycles. The Morgan fingerprint density at radius 3 is 2.88 bits per heavy atom. The molecule has 1 aromatic carbocycles. The summed E-state index contributed by atoms with van der Waals surface area (Å²) in [6, 6.07) is 8.15. The number of aryl methyl sites for hydroxylation is 1. The predicted molar refractivity (Wildman–Crippen MR) is 61.0 cm³/mol. The summed E-state index contributed by atoms with van der Waals surface area (Å²) in [6.45, 7) is 1.73. The van der Waals surface area contributed by atoms with Crippen LogP contribution in [0.1, 0.15) is 26.6 Å². The summed E-state index contributed by atoms with van der Waals surface area (Å²) in [5, 5.41) is 6.24. The van der Waals surface area contributed by atoms with Crippen LogP contribution in [0, 0.1) is 6.92 Å². The third-order valence-corrected chi connectivity index (χ3v) is 2.13. The molecule has 0 fully saturated rings. The van der Waals surface area contributed by atoms with Gasteiger partial charge in [-0.2, -0.15) is 0 Å². The minimum Gasteiger partial charge on any atom is -0.351 e. The zero-order valence-corrected chi connectivity index (χ0v) is 9.14. The summed E-state index contributed by atoms with van der Waals surface area (Å²) in [7, 11) is 0. The molecule has 0 spiro atoms. The number of carbonyl (C=O) groups excluding carboxylic acids is 2. The van der Waals surface area contributed by atoms with Gasteiger partial charge in [0.15, 0.2) is 0 Å². The van der Waals surface area contributed by atoms with E-state index >= 15 is 0 Å². The van der Waals surface area contributed by atoms with Gasteiger partial charge in [0.2, 0.25) is 5.76 Å². The number of hydrogen-bond donors (Lipinski definition) is 1. The largest absolute Gasteiger partial charge is 0.351 e. The van der Waals surface area contributed by atoms with Gasteiger partial charge >= 0.3 is 0 Å². The molecule has 0 atom stereocenters. The molecule has 2 rings (SSSR count). The standard InChI is InChI=1S/C12H10N2O3/c1-8-5-11(17-14-8)12(16)13-10-4-2-3-9(6-10)7-15/h2-7H,1H3,(H,13,16). The van der Waals surface area contributed by atoms with E-state index in [0.717, 1.165) is 0 Å². The van der Waals surface area contributed by atoms with Crippen LogP contribution in [0.3, 0.4) is 0 Å². The van der Waals surface area contributed by atoms with Crippen molar-refractivity contribution in [3.63, 3.8) is 0 Å². The maximum Gasteiger partial charge on any atom is 0.294 e. The first-order valence-electron chi connectivity index (χ1n) is 4.99. The summed E-state index contributed by atoms with van der Waals surface area (Å²) < 4.78 is 4.82. The molecule has 5 heteroatoms. The van der Waals surface area contributed by atoms with E-state index < -0.39 is 5.91 Å². The molecule has 86 valence electrons. The van der Waals surface area contributed by atoms with Gasteiger partial charge in [0.05, 0.1) is 5.69 Å². The number of rotatable bonds is 3. The second-order valence-electron chi connectivity index (χ2n) is 3.53. The highest BCUT2D eigenvalue weighted by Crippen LogP contribution is 2.11. The van der Waals surface area contributed by atoms with Crippen molar-refractivity contribution < 1.29 is 14.1 Å². The van der Waals surface area contributed by atoms with E-state index in [4.69, 9.17) is 4.52 Å². The summed E-state index contributed by atoms with van der Waals surface area (Å²) in [5.41, 5.74) is 1.67. The lowest BCUT2D eigenvalue weighted by Crippen LogP contribution is -2.10. The number of carbonyl (C=O) groups is 2. The predicted octanol–water partition coefficient (Wildman–Crippen LogP) is 2.05. The van der Waals surface area contributed by atoms with Gasteiger partial charge in [0.1, 0.15) is 6.29 Å². The summed E-state index contributed by atoms with van der Waals surface area (Å²) in [5.74, 6) is -0.257. The molecule has 0 radical (unpaired) electrons. The van der Waals surface area contributed by atoms with Crippen molar-refractivity contribution in [2.45, 2.75) is 6.92 Å². The highest BCUT2D eigenvalue weighted by molar-refractivity contribution is 6.02. The van der Waals surface area contributed by atoms with Crippen LogP contribution in [0.4, 0.5) is 5.69 Å². The molecular weight excluding hydrogens is 220 g/mol. The quantitative estimate of drug-likeness (QED) is 0.819. The van der Waals surface area contributed by atoms with Crippen LogP contribution in [0.25, 0.3) is 0 Å². The zero-order chi connectivity index (χ0) is 12.3. The van der Waals surface area contributed by atoms with E-state index in [0.29, 0.717) is 23.2 Å². The molecule has 1 amide bonds. The maximum atomic E-state index is 11.7. The van der Waals surface area contributed by atoms with Crippen molar-refractivity contribution in [2.24, 2.45) is 0 Å².